The van der Waals surface area contributed by atoms with Crippen LogP contribution in [0.4, 0.5) is 5.69 Å². The number of allylic oxidation sites excluding steroid dienone is 2. The van der Waals surface area contributed by atoms with E-state index in [1.54, 1.807) is 6.07 Å². The number of phenols is 1. The third-order valence-corrected chi connectivity index (χ3v) is 3.04. The standard InChI is InChI=1S/C12H12BrNO/c1-7-3-4-8(2)14-11-6-12(15)10(13)5-9(7)11/h3-6,8,14-15H,1H2,2H3. The van der Waals surface area contributed by atoms with Crippen molar-refractivity contribution in [3.05, 3.63) is 40.9 Å². The van der Waals surface area contributed by atoms with E-state index < -0.39 is 0 Å². The van der Waals surface area contributed by atoms with E-state index in [2.05, 4.69) is 34.7 Å². The molecule has 2 nitrogen and oxygen atoms in total. The molecular formula is C12H12BrNO. The fourth-order valence-corrected chi connectivity index (χ4v) is 1.93. The van der Waals surface area contributed by atoms with Crippen molar-refractivity contribution in [1.82, 2.24) is 0 Å². The maximum atomic E-state index is 9.60. The number of benzene rings is 1. The van der Waals surface area contributed by atoms with Crippen LogP contribution in [0.5, 0.6) is 5.75 Å². The van der Waals surface area contributed by atoms with Gasteiger partial charge in [0.05, 0.1) is 4.47 Å². The number of hydrogen-bond donors (Lipinski definition) is 2. The van der Waals surface area contributed by atoms with Crippen LogP contribution in [0.25, 0.3) is 5.57 Å². The van der Waals surface area contributed by atoms with Gasteiger partial charge in [0.1, 0.15) is 5.75 Å². The molecule has 78 valence electrons. The summed E-state index contributed by atoms with van der Waals surface area (Å²) in [6, 6.07) is 3.83. The summed E-state index contributed by atoms with van der Waals surface area (Å²) in [5.74, 6) is 0.239. The number of fused-ring (bicyclic) bond motifs is 1. The zero-order chi connectivity index (χ0) is 11.0. The summed E-state index contributed by atoms with van der Waals surface area (Å²) < 4.78 is 0.687. The Labute approximate surface area is 97.4 Å². The molecule has 1 aliphatic rings. The molecule has 0 aliphatic carbocycles. The van der Waals surface area contributed by atoms with Crippen molar-refractivity contribution in [3.63, 3.8) is 0 Å². The van der Waals surface area contributed by atoms with Crippen molar-refractivity contribution in [3.8, 4) is 5.75 Å². The monoisotopic (exact) mass is 265 g/mol. The second kappa shape index (κ2) is 3.74. The average Bonchev–Trinajstić information content (AvgIpc) is 2.30. The maximum absolute atomic E-state index is 9.60. The molecule has 3 heteroatoms. The minimum atomic E-state index is 0.239. The third kappa shape index (κ3) is 1.92. The van der Waals surface area contributed by atoms with Gasteiger partial charge in [-0.15, -0.1) is 0 Å². The molecule has 0 saturated heterocycles. The second-order valence-corrected chi connectivity index (χ2v) is 4.52. The Hall–Kier alpha value is -1.22. The zero-order valence-electron chi connectivity index (χ0n) is 8.42. The Morgan fingerprint density at radius 3 is 2.93 bits per heavy atom. The quantitative estimate of drug-likeness (QED) is 0.752. The molecule has 2 rings (SSSR count). The predicted molar refractivity (Wildman–Crippen MR) is 67.1 cm³/mol. The topological polar surface area (TPSA) is 32.3 Å². The normalized spacial score (nSPS) is 19.3. The molecule has 0 amide bonds. The summed E-state index contributed by atoms with van der Waals surface area (Å²) in [6.07, 6.45) is 4.04. The molecule has 15 heavy (non-hydrogen) atoms. The van der Waals surface area contributed by atoms with Crippen LogP contribution in [0.3, 0.4) is 0 Å². The molecule has 1 heterocycles. The first kappa shape index (κ1) is 10.3. The van der Waals surface area contributed by atoms with Gasteiger partial charge in [-0.2, -0.15) is 0 Å². The number of anilines is 1. The van der Waals surface area contributed by atoms with Crippen LogP contribution in [-0.2, 0) is 0 Å². The van der Waals surface area contributed by atoms with Crippen molar-refractivity contribution in [2.45, 2.75) is 13.0 Å². The summed E-state index contributed by atoms with van der Waals surface area (Å²) >= 11 is 3.30. The predicted octanol–water partition coefficient (Wildman–Crippen LogP) is 3.54. The third-order valence-electron chi connectivity index (χ3n) is 2.40. The second-order valence-electron chi connectivity index (χ2n) is 3.67. The van der Waals surface area contributed by atoms with E-state index >= 15 is 0 Å². The minimum Gasteiger partial charge on any atom is -0.507 e. The molecule has 0 spiro atoms. The maximum Gasteiger partial charge on any atom is 0.131 e. The number of nitrogens with one attached hydrogen (secondary N) is 1. The lowest BCUT2D eigenvalue weighted by Crippen LogP contribution is -2.11. The van der Waals surface area contributed by atoms with Gasteiger partial charge in [0.2, 0.25) is 0 Å². The highest BCUT2D eigenvalue weighted by atomic mass is 79.9. The van der Waals surface area contributed by atoms with Crippen molar-refractivity contribution in [2.75, 3.05) is 5.32 Å². The molecule has 0 radical (unpaired) electrons. The fraction of sp³-hybridized carbons (Fsp3) is 0.167. The summed E-state index contributed by atoms with van der Waals surface area (Å²) in [7, 11) is 0. The van der Waals surface area contributed by atoms with Crippen LogP contribution in [0.1, 0.15) is 12.5 Å². The molecule has 0 aromatic heterocycles. The molecule has 0 fully saturated rings. The first-order valence-corrected chi connectivity index (χ1v) is 5.54. The summed E-state index contributed by atoms with van der Waals surface area (Å²) in [4.78, 5) is 0. The molecule has 0 saturated carbocycles. The van der Waals surface area contributed by atoms with Crippen molar-refractivity contribution in [1.29, 1.82) is 0 Å². The lowest BCUT2D eigenvalue weighted by atomic mass is 10.1. The SMILES string of the molecule is C=C1C=CC(C)Nc2cc(O)c(Br)cc21. The number of hydrogen-bond acceptors (Lipinski definition) is 2. The molecule has 1 unspecified atom stereocenters. The molecule has 2 N–H and O–H groups in total. The summed E-state index contributed by atoms with van der Waals surface area (Å²) in [5, 5.41) is 12.9. The number of halogens is 1. The first-order valence-electron chi connectivity index (χ1n) is 4.74. The van der Waals surface area contributed by atoms with Gasteiger partial charge in [-0.05, 0) is 34.5 Å². The zero-order valence-corrected chi connectivity index (χ0v) is 10.0. The molecule has 1 aromatic carbocycles. The van der Waals surface area contributed by atoms with Crippen LogP contribution in [-0.4, -0.2) is 11.1 Å². The first-order chi connectivity index (χ1) is 7.08. The summed E-state index contributed by atoms with van der Waals surface area (Å²) in [5.41, 5.74) is 2.88. The highest BCUT2D eigenvalue weighted by molar-refractivity contribution is 9.10. The van der Waals surface area contributed by atoms with Crippen LogP contribution in [0, 0.1) is 0 Å². The highest BCUT2D eigenvalue weighted by Crippen LogP contribution is 2.35. The van der Waals surface area contributed by atoms with E-state index in [-0.39, 0.29) is 11.8 Å². The number of rotatable bonds is 0. The van der Waals surface area contributed by atoms with Crippen molar-refractivity contribution < 1.29 is 5.11 Å². The molecule has 1 atom stereocenters. The van der Waals surface area contributed by atoms with Crippen molar-refractivity contribution in [2.24, 2.45) is 0 Å². The van der Waals surface area contributed by atoms with Gasteiger partial charge in [0.15, 0.2) is 0 Å². The lowest BCUT2D eigenvalue weighted by molar-refractivity contribution is 0.472. The van der Waals surface area contributed by atoms with Gasteiger partial charge >= 0.3 is 0 Å². The van der Waals surface area contributed by atoms with Gasteiger partial charge in [0.25, 0.3) is 0 Å². The highest BCUT2D eigenvalue weighted by Gasteiger charge is 2.13. The molecule has 0 bridgehead atoms. The van der Waals surface area contributed by atoms with E-state index in [1.165, 1.54) is 0 Å². The fourth-order valence-electron chi connectivity index (χ4n) is 1.59. The smallest absolute Gasteiger partial charge is 0.131 e. The number of phenolic OH excluding ortho intramolecular Hbond substituents is 1. The largest absolute Gasteiger partial charge is 0.507 e. The van der Waals surface area contributed by atoms with Crippen molar-refractivity contribution >= 4 is 27.2 Å². The molecule has 1 aliphatic heterocycles. The summed E-state index contributed by atoms with van der Waals surface area (Å²) in [6.45, 7) is 6.05. The van der Waals surface area contributed by atoms with Crippen LogP contribution in [0.15, 0.2) is 35.3 Å². The van der Waals surface area contributed by atoms with Gasteiger partial charge in [-0.25, -0.2) is 0 Å². The Bertz CT molecular complexity index is 451. The Balaban J connectivity index is 2.58. The van der Waals surface area contributed by atoms with E-state index in [1.807, 2.05) is 18.2 Å². The lowest BCUT2D eigenvalue weighted by Gasteiger charge is -2.13. The Morgan fingerprint density at radius 2 is 2.20 bits per heavy atom. The average molecular weight is 266 g/mol. The van der Waals surface area contributed by atoms with E-state index in [0.717, 1.165) is 16.8 Å². The molecular weight excluding hydrogens is 254 g/mol. The van der Waals surface area contributed by atoms with Gasteiger partial charge in [0, 0.05) is 23.4 Å². The van der Waals surface area contributed by atoms with Crippen LogP contribution in [0.2, 0.25) is 0 Å². The Morgan fingerprint density at radius 1 is 1.47 bits per heavy atom. The molecule has 1 aromatic rings. The van der Waals surface area contributed by atoms with Crippen LogP contribution < -0.4 is 5.32 Å². The minimum absolute atomic E-state index is 0.239. The van der Waals surface area contributed by atoms with E-state index in [4.69, 9.17) is 0 Å². The van der Waals surface area contributed by atoms with Gasteiger partial charge in [-0.1, -0.05) is 18.7 Å². The number of aromatic hydroxyl groups is 1. The Kier molecular flexibility index (Phi) is 2.57. The van der Waals surface area contributed by atoms with Gasteiger partial charge in [-0.3, -0.25) is 0 Å². The van der Waals surface area contributed by atoms with E-state index in [9.17, 15) is 5.11 Å². The van der Waals surface area contributed by atoms with Gasteiger partial charge < -0.3 is 10.4 Å². The van der Waals surface area contributed by atoms with Crippen LogP contribution >= 0.6 is 15.9 Å². The van der Waals surface area contributed by atoms with E-state index in [0.29, 0.717) is 4.47 Å².